The number of carbonyl (C=O) groups is 1. The smallest absolute Gasteiger partial charge is 0.418 e. The van der Waals surface area contributed by atoms with Crippen molar-refractivity contribution in [1.82, 2.24) is 10.3 Å². The average molecular weight is 465 g/mol. The van der Waals surface area contributed by atoms with Gasteiger partial charge >= 0.3 is 12.2 Å². The maximum Gasteiger partial charge on any atom is 0.418 e. The molecule has 2 amide bonds. The number of nitrogens with one attached hydrogen (secondary N) is 2. The van der Waals surface area contributed by atoms with Crippen molar-refractivity contribution in [3.63, 3.8) is 0 Å². The minimum absolute atomic E-state index is 0.115. The number of fused-ring (bicyclic) bond motifs is 1. The Balaban J connectivity index is 1.57. The number of pyridine rings is 1. The Morgan fingerprint density at radius 1 is 1.03 bits per heavy atom. The molecule has 2 N–H and O–H groups in total. The minimum Gasteiger partial charge on any atom is -0.496 e. The first-order valence-electron chi connectivity index (χ1n) is 10.5. The van der Waals surface area contributed by atoms with Gasteiger partial charge in [-0.25, -0.2) is 4.79 Å². The van der Waals surface area contributed by atoms with Crippen molar-refractivity contribution in [1.29, 1.82) is 0 Å². The lowest BCUT2D eigenvalue weighted by molar-refractivity contribution is -0.136. The number of carbonyl (C=O) groups excluding carboxylic acids is 1. The number of urea groups is 1. The Morgan fingerprint density at radius 3 is 2.56 bits per heavy atom. The van der Waals surface area contributed by atoms with Crippen LogP contribution in [0.2, 0.25) is 0 Å². The summed E-state index contributed by atoms with van der Waals surface area (Å²) in [4.78, 5) is 16.6. The molecule has 0 spiro atoms. The number of rotatable bonds is 5. The Hall–Kier alpha value is -4.07. The van der Waals surface area contributed by atoms with Gasteiger partial charge in [-0.05, 0) is 64.9 Å². The monoisotopic (exact) mass is 465 g/mol. The minimum atomic E-state index is -4.57. The van der Waals surface area contributed by atoms with Gasteiger partial charge in [-0.2, -0.15) is 13.2 Å². The predicted octanol–water partition coefficient (Wildman–Crippen LogP) is 6.56. The van der Waals surface area contributed by atoms with Crippen molar-refractivity contribution in [2.24, 2.45) is 0 Å². The first kappa shape index (κ1) is 23.1. The lowest BCUT2D eigenvalue weighted by Crippen LogP contribution is -2.29. The number of amides is 2. The molecule has 174 valence electrons. The predicted molar refractivity (Wildman–Crippen MR) is 126 cm³/mol. The third kappa shape index (κ3) is 4.80. The molecule has 1 heterocycles. The molecule has 8 heteroatoms. The summed E-state index contributed by atoms with van der Waals surface area (Å²) in [7, 11) is 1.63. The van der Waals surface area contributed by atoms with Crippen LogP contribution in [-0.4, -0.2) is 18.1 Å². The van der Waals surface area contributed by atoms with E-state index >= 15 is 0 Å². The van der Waals surface area contributed by atoms with E-state index in [2.05, 4.69) is 15.6 Å². The van der Waals surface area contributed by atoms with E-state index in [1.807, 2.05) is 43.3 Å². The first-order valence-corrected chi connectivity index (χ1v) is 10.5. The largest absolute Gasteiger partial charge is 0.496 e. The summed E-state index contributed by atoms with van der Waals surface area (Å²) in [6.45, 7) is 2.09. The van der Waals surface area contributed by atoms with Crippen LogP contribution in [0.4, 0.5) is 23.7 Å². The van der Waals surface area contributed by atoms with Gasteiger partial charge < -0.3 is 15.4 Å². The van der Waals surface area contributed by atoms with Gasteiger partial charge in [-0.3, -0.25) is 4.98 Å². The first-order chi connectivity index (χ1) is 16.3. The molecule has 4 rings (SSSR count). The lowest BCUT2D eigenvalue weighted by Gasteiger charge is -2.15. The highest BCUT2D eigenvalue weighted by Crippen LogP contribution is 2.35. The van der Waals surface area contributed by atoms with E-state index in [1.165, 1.54) is 18.2 Å². The second-order valence-electron chi connectivity index (χ2n) is 7.73. The van der Waals surface area contributed by atoms with E-state index in [-0.39, 0.29) is 12.2 Å². The number of methoxy groups -OCH3 is 1. The number of hydrogen-bond donors (Lipinski definition) is 2. The second-order valence-corrected chi connectivity index (χ2v) is 7.73. The van der Waals surface area contributed by atoms with Crippen LogP contribution in [0.25, 0.3) is 21.9 Å². The molecule has 0 aliphatic carbocycles. The number of anilines is 1. The third-order valence-electron chi connectivity index (χ3n) is 5.53. The van der Waals surface area contributed by atoms with E-state index in [0.717, 1.165) is 44.8 Å². The van der Waals surface area contributed by atoms with Crippen LogP contribution >= 0.6 is 0 Å². The van der Waals surface area contributed by atoms with Crippen LogP contribution in [0.1, 0.15) is 16.7 Å². The van der Waals surface area contributed by atoms with Gasteiger partial charge in [0.05, 0.1) is 18.4 Å². The summed E-state index contributed by atoms with van der Waals surface area (Å²) < 4.78 is 44.9. The number of aryl methyl sites for hydroxylation is 1. The summed E-state index contributed by atoms with van der Waals surface area (Å²) in [6, 6.07) is 15.8. The van der Waals surface area contributed by atoms with Crippen LogP contribution in [0, 0.1) is 6.92 Å². The quantitative estimate of drug-likeness (QED) is 0.351. The maximum atomic E-state index is 13.2. The molecule has 0 aliphatic heterocycles. The fourth-order valence-electron chi connectivity index (χ4n) is 3.88. The van der Waals surface area contributed by atoms with Crippen molar-refractivity contribution >= 4 is 22.5 Å². The fraction of sp³-hybridized carbons (Fsp3) is 0.154. The van der Waals surface area contributed by atoms with Crippen LogP contribution in [0.15, 0.2) is 73.1 Å². The highest BCUT2D eigenvalue weighted by atomic mass is 19.4. The van der Waals surface area contributed by atoms with Crippen LogP contribution in [0.5, 0.6) is 5.75 Å². The molecule has 0 unspecified atom stereocenters. The molecule has 0 bridgehead atoms. The molecule has 0 radical (unpaired) electrons. The molecule has 0 saturated heterocycles. The summed E-state index contributed by atoms with van der Waals surface area (Å²) in [6.07, 6.45) is -1.16. The van der Waals surface area contributed by atoms with E-state index in [9.17, 15) is 18.0 Å². The van der Waals surface area contributed by atoms with Gasteiger partial charge in [-0.1, -0.05) is 30.3 Å². The van der Waals surface area contributed by atoms with Crippen molar-refractivity contribution < 1.29 is 22.7 Å². The molecule has 5 nitrogen and oxygen atoms in total. The van der Waals surface area contributed by atoms with E-state index in [1.54, 1.807) is 19.5 Å². The van der Waals surface area contributed by atoms with Gasteiger partial charge in [0.15, 0.2) is 0 Å². The number of halogens is 3. The van der Waals surface area contributed by atoms with Crippen LogP contribution in [0.3, 0.4) is 0 Å². The van der Waals surface area contributed by atoms with E-state index in [4.69, 9.17) is 4.74 Å². The van der Waals surface area contributed by atoms with Crippen molar-refractivity contribution in [2.45, 2.75) is 19.6 Å². The number of alkyl halides is 3. The van der Waals surface area contributed by atoms with Crippen molar-refractivity contribution in [3.05, 3.63) is 89.7 Å². The molecular weight excluding hydrogens is 443 g/mol. The Bertz CT molecular complexity index is 1350. The zero-order valence-electron chi connectivity index (χ0n) is 18.5. The second kappa shape index (κ2) is 9.43. The fourth-order valence-corrected chi connectivity index (χ4v) is 3.88. The molecule has 3 aromatic carbocycles. The van der Waals surface area contributed by atoms with Gasteiger partial charge in [0.1, 0.15) is 5.75 Å². The van der Waals surface area contributed by atoms with Gasteiger partial charge in [-0.15, -0.1) is 0 Å². The maximum absolute atomic E-state index is 13.2. The van der Waals surface area contributed by atoms with Gasteiger partial charge in [0.25, 0.3) is 0 Å². The number of para-hydroxylation sites is 1. The molecule has 0 fully saturated rings. The topological polar surface area (TPSA) is 63.2 Å². The summed E-state index contributed by atoms with van der Waals surface area (Å²) >= 11 is 0. The van der Waals surface area contributed by atoms with E-state index < -0.39 is 17.8 Å². The Labute approximate surface area is 194 Å². The molecular formula is C26H22F3N3O2. The van der Waals surface area contributed by atoms with Gasteiger partial charge in [0.2, 0.25) is 0 Å². The average Bonchev–Trinajstić information content (AvgIpc) is 2.82. The molecule has 0 aliphatic rings. The molecule has 1 aromatic heterocycles. The highest BCUT2D eigenvalue weighted by Gasteiger charge is 2.33. The standard InChI is InChI=1S/C26H22F3N3O2/c1-16-13-17(8-10-24(16)34-2)19-9-7-18(21-15-30-12-11-20(19)21)14-31-25(33)32-23-6-4-3-5-22(23)26(27,28)29/h3-13,15H,14H2,1-2H3,(H2,31,32,33). The third-order valence-corrected chi connectivity index (χ3v) is 5.53. The zero-order valence-corrected chi connectivity index (χ0v) is 18.5. The summed E-state index contributed by atoms with van der Waals surface area (Å²) in [5, 5.41) is 6.72. The zero-order chi connectivity index (χ0) is 24.3. The molecule has 0 saturated carbocycles. The Kier molecular flexibility index (Phi) is 6.40. The normalized spacial score (nSPS) is 11.3. The molecule has 4 aromatic rings. The lowest BCUT2D eigenvalue weighted by atomic mass is 9.95. The summed E-state index contributed by atoms with van der Waals surface area (Å²) in [5.74, 6) is 0.800. The number of benzene rings is 3. The van der Waals surface area contributed by atoms with Crippen molar-refractivity contribution in [3.8, 4) is 16.9 Å². The highest BCUT2D eigenvalue weighted by molar-refractivity contribution is 5.98. The number of nitrogens with zero attached hydrogens (tertiary/aromatic N) is 1. The number of aromatic nitrogens is 1. The summed E-state index contributed by atoms with van der Waals surface area (Å²) in [5.41, 5.74) is 2.59. The Morgan fingerprint density at radius 2 is 1.82 bits per heavy atom. The van der Waals surface area contributed by atoms with Crippen LogP contribution in [-0.2, 0) is 12.7 Å². The molecule has 34 heavy (non-hydrogen) atoms. The molecule has 0 atom stereocenters. The number of hydrogen-bond acceptors (Lipinski definition) is 3. The van der Waals surface area contributed by atoms with Gasteiger partial charge in [0, 0.05) is 24.3 Å². The SMILES string of the molecule is COc1ccc(-c2ccc(CNC(=O)Nc3ccccc3C(F)(F)F)c3cnccc23)cc1C. The van der Waals surface area contributed by atoms with Crippen LogP contribution < -0.4 is 15.4 Å². The van der Waals surface area contributed by atoms with E-state index in [0.29, 0.717) is 0 Å². The number of ether oxygens (including phenoxy) is 1. The van der Waals surface area contributed by atoms with Crippen molar-refractivity contribution in [2.75, 3.05) is 12.4 Å².